The smallest absolute Gasteiger partial charge is 0.264 e. The summed E-state index contributed by atoms with van der Waals surface area (Å²) < 4.78 is 28.8. The van der Waals surface area contributed by atoms with Gasteiger partial charge in [0.05, 0.1) is 10.6 Å². The number of carbonyl (C=O) groups is 2. The first-order chi connectivity index (χ1) is 17.9. The van der Waals surface area contributed by atoms with Gasteiger partial charge in [-0.15, -0.1) is 0 Å². The Kier molecular flexibility index (Phi) is 9.57. The third kappa shape index (κ3) is 6.94. The number of benzene rings is 3. The van der Waals surface area contributed by atoms with Crippen molar-refractivity contribution in [2.24, 2.45) is 0 Å². The lowest BCUT2D eigenvalue weighted by Crippen LogP contribution is -2.51. The molecule has 3 rings (SSSR count). The van der Waals surface area contributed by atoms with Crippen LogP contribution in [0.3, 0.4) is 0 Å². The Balaban J connectivity index is 2.06. The molecule has 0 aliphatic carbocycles. The maximum absolute atomic E-state index is 13.9. The summed E-state index contributed by atoms with van der Waals surface area (Å²) in [5.41, 5.74) is 3.91. The average Bonchev–Trinajstić information content (AvgIpc) is 2.87. The van der Waals surface area contributed by atoms with E-state index in [2.05, 4.69) is 5.32 Å². The summed E-state index contributed by atoms with van der Waals surface area (Å²) in [6, 6.07) is 17.9. The molecule has 0 aromatic heterocycles. The molecule has 1 N–H and O–H groups in total. The minimum atomic E-state index is -4.10. The SMILES string of the molecule is CCNC(=O)[C@@H](C)N(Cc1cccc(Cl)c1)C(=O)CN(c1ccc(C)c(C)c1)S(=O)(=O)c1ccc(C)cc1. The summed E-state index contributed by atoms with van der Waals surface area (Å²) in [5.74, 6) is -0.848. The summed E-state index contributed by atoms with van der Waals surface area (Å²) in [4.78, 5) is 28.1. The van der Waals surface area contributed by atoms with Crippen LogP contribution in [0.25, 0.3) is 0 Å². The van der Waals surface area contributed by atoms with E-state index in [9.17, 15) is 18.0 Å². The minimum absolute atomic E-state index is 0.0762. The van der Waals surface area contributed by atoms with Gasteiger partial charge in [0.15, 0.2) is 0 Å². The van der Waals surface area contributed by atoms with E-state index in [4.69, 9.17) is 11.6 Å². The average molecular weight is 556 g/mol. The van der Waals surface area contributed by atoms with Crippen molar-refractivity contribution in [2.45, 2.75) is 52.1 Å². The predicted octanol–water partition coefficient (Wildman–Crippen LogP) is 5.01. The van der Waals surface area contributed by atoms with E-state index in [1.54, 1.807) is 62.4 Å². The van der Waals surface area contributed by atoms with E-state index in [0.717, 1.165) is 26.6 Å². The Morgan fingerprint density at radius 3 is 2.24 bits per heavy atom. The van der Waals surface area contributed by atoms with Crippen molar-refractivity contribution < 1.29 is 18.0 Å². The number of anilines is 1. The van der Waals surface area contributed by atoms with Crippen LogP contribution < -0.4 is 9.62 Å². The van der Waals surface area contributed by atoms with Crippen LogP contribution in [-0.2, 0) is 26.2 Å². The van der Waals surface area contributed by atoms with E-state index in [1.807, 2.05) is 26.8 Å². The molecule has 7 nitrogen and oxygen atoms in total. The zero-order valence-corrected chi connectivity index (χ0v) is 23.9. The number of halogens is 1. The Bertz CT molecular complexity index is 1410. The highest BCUT2D eigenvalue weighted by Crippen LogP contribution is 2.27. The lowest BCUT2D eigenvalue weighted by molar-refractivity contribution is -0.139. The van der Waals surface area contributed by atoms with Gasteiger partial charge in [0.1, 0.15) is 12.6 Å². The Labute approximate surface area is 230 Å². The highest BCUT2D eigenvalue weighted by atomic mass is 35.5. The summed E-state index contributed by atoms with van der Waals surface area (Å²) in [6.07, 6.45) is 0. The molecule has 0 bridgehead atoms. The van der Waals surface area contributed by atoms with E-state index in [0.29, 0.717) is 17.3 Å². The second kappa shape index (κ2) is 12.5. The fourth-order valence-electron chi connectivity index (χ4n) is 3.98. The van der Waals surface area contributed by atoms with Crippen LogP contribution in [0.2, 0.25) is 5.02 Å². The van der Waals surface area contributed by atoms with Gasteiger partial charge < -0.3 is 10.2 Å². The van der Waals surface area contributed by atoms with E-state index in [-0.39, 0.29) is 17.3 Å². The molecule has 3 aromatic carbocycles. The third-order valence-electron chi connectivity index (χ3n) is 6.43. The van der Waals surface area contributed by atoms with Gasteiger partial charge in [-0.05, 0) is 87.7 Å². The molecule has 202 valence electrons. The van der Waals surface area contributed by atoms with Gasteiger partial charge in [-0.2, -0.15) is 0 Å². The first-order valence-corrected chi connectivity index (χ1v) is 14.2. The number of carbonyl (C=O) groups excluding carboxylic acids is 2. The normalized spacial score (nSPS) is 12.1. The predicted molar refractivity (Wildman–Crippen MR) is 152 cm³/mol. The van der Waals surface area contributed by atoms with Crippen molar-refractivity contribution in [3.8, 4) is 0 Å². The molecule has 0 radical (unpaired) electrons. The van der Waals surface area contributed by atoms with Gasteiger partial charge in [0, 0.05) is 18.1 Å². The number of rotatable bonds is 10. The van der Waals surface area contributed by atoms with Gasteiger partial charge in [-0.25, -0.2) is 8.42 Å². The molecule has 0 fully saturated rings. The van der Waals surface area contributed by atoms with Crippen molar-refractivity contribution in [1.82, 2.24) is 10.2 Å². The number of likely N-dealkylation sites (N-methyl/N-ethyl adjacent to an activating group) is 1. The Hall–Kier alpha value is -3.36. The molecule has 0 saturated heterocycles. The molecule has 0 aliphatic heterocycles. The van der Waals surface area contributed by atoms with Crippen LogP contribution in [0.5, 0.6) is 0 Å². The molecule has 0 saturated carbocycles. The lowest BCUT2D eigenvalue weighted by Gasteiger charge is -2.32. The van der Waals surface area contributed by atoms with E-state index < -0.39 is 28.5 Å². The zero-order chi connectivity index (χ0) is 28.0. The fraction of sp³-hybridized carbons (Fsp3) is 0.310. The molecule has 0 spiro atoms. The maximum atomic E-state index is 13.9. The molecule has 0 heterocycles. The first-order valence-electron chi connectivity index (χ1n) is 12.4. The standard InChI is InChI=1S/C29H34ClN3O4S/c1-6-31-29(35)23(5)32(18-24-8-7-9-25(30)17-24)28(34)19-33(26-13-12-21(3)22(4)16-26)38(36,37)27-14-10-20(2)11-15-27/h7-17,23H,6,18-19H2,1-5H3,(H,31,35)/t23-/m1/s1. The second-order valence-electron chi connectivity index (χ2n) is 9.32. The van der Waals surface area contributed by atoms with E-state index >= 15 is 0 Å². The monoisotopic (exact) mass is 555 g/mol. The second-order valence-corrected chi connectivity index (χ2v) is 11.6. The molecule has 0 aliphatic rings. The van der Waals surface area contributed by atoms with Gasteiger partial charge in [-0.3, -0.25) is 13.9 Å². The lowest BCUT2D eigenvalue weighted by atomic mass is 10.1. The van der Waals surface area contributed by atoms with Crippen molar-refractivity contribution >= 4 is 39.1 Å². The van der Waals surface area contributed by atoms with Crippen molar-refractivity contribution in [1.29, 1.82) is 0 Å². The van der Waals surface area contributed by atoms with Crippen LogP contribution >= 0.6 is 11.6 Å². The van der Waals surface area contributed by atoms with Gasteiger partial charge in [-0.1, -0.05) is 47.5 Å². The zero-order valence-electron chi connectivity index (χ0n) is 22.4. The molecule has 1 atom stereocenters. The van der Waals surface area contributed by atoms with Crippen LogP contribution in [0.1, 0.15) is 36.1 Å². The quantitative estimate of drug-likeness (QED) is 0.381. The molecule has 3 aromatic rings. The molecule has 9 heteroatoms. The Morgan fingerprint density at radius 2 is 1.63 bits per heavy atom. The maximum Gasteiger partial charge on any atom is 0.264 e. The molecule has 38 heavy (non-hydrogen) atoms. The first kappa shape index (κ1) is 29.2. The van der Waals surface area contributed by atoms with Gasteiger partial charge in [0.25, 0.3) is 10.0 Å². The Morgan fingerprint density at radius 1 is 0.947 bits per heavy atom. The molecular weight excluding hydrogens is 522 g/mol. The number of hydrogen-bond donors (Lipinski definition) is 1. The van der Waals surface area contributed by atoms with Crippen LogP contribution in [0.15, 0.2) is 71.6 Å². The summed E-state index contributed by atoms with van der Waals surface area (Å²) >= 11 is 6.16. The van der Waals surface area contributed by atoms with Crippen molar-refractivity contribution in [2.75, 3.05) is 17.4 Å². The summed E-state index contributed by atoms with van der Waals surface area (Å²) in [5, 5.41) is 3.25. The van der Waals surface area contributed by atoms with Crippen LogP contribution in [0.4, 0.5) is 5.69 Å². The summed E-state index contributed by atoms with van der Waals surface area (Å²) in [6.45, 7) is 9.12. The van der Waals surface area contributed by atoms with Gasteiger partial charge >= 0.3 is 0 Å². The van der Waals surface area contributed by atoms with Crippen LogP contribution in [-0.4, -0.2) is 44.3 Å². The van der Waals surface area contributed by atoms with Crippen molar-refractivity contribution in [3.63, 3.8) is 0 Å². The molecule has 0 unspecified atom stereocenters. The summed E-state index contributed by atoms with van der Waals surface area (Å²) in [7, 11) is -4.10. The van der Waals surface area contributed by atoms with Crippen molar-refractivity contribution in [3.05, 3.63) is 94.0 Å². The fourth-order valence-corrected chi connectivity index (χ4v) is 5.60. The van der Waals surface area contributed by atoms with Crippen LogP contribution in [0, 0.1) is 20.8 Å². The highest BCUT2D eigenvalue weighted by molar-refractivity contribution is 7.92. The third-order valence-corrected chi connectivity index (χ3v) is 8.45. The number of hydrogen-bond acceptors (Lipinski definition) is 4. The minimum Gasteiger partial charge on any atom is -0.355 e. The largest absolute Gasteiger partial charge is 0.355 e. The van der Waals surface area contributed by atoms with Gasteiger partial charge in [0.2, 0.25) is 11.8 Å². The van der Waals surface area contributed by atoms with E-state index in [1.165, 1.54) is 17.0 Å². The molecule has 2 amide bonds. The number of nitrogens with zero attached hydrogens (tertiary/aromatic N) is 2. The number of nitrogens with one attached hydrogen (secondary N) is 1. The number of sulfonamides is 1. The number of amides is 2. The number of aryl methyl sites for hydroxylation is 3. The molecular formula is C29H34ClN3O4S. The topological polar surface area (TPSA) is 86.8 Å². The highest BCUT2D eigenvalue weighted by Gasteiger charge is 2.32.